The standard InChI is InChI=1S/C11H14Br2N2OS.ClH/c12-9-4-8(10(13)17-9)11(16)15-6-7-2-1-3-14-5-7;/h4,7,14H,1-3,5-6H2,(H,15,16);1H. The van der Waals surface area contributed by atoms with Gasteiger partial charge in [-0.15, -0.1) is 23.7 Å². The maximum Gasteiger partial charge on any atom is 0.253 e. The summed E-state index contributed by atoms with van der Waals surface area (Å²) in [5.41, 5.74) is 0.714. The summed E-state index contributed by atoms with van der Waals surface area (Å²) >= 11 is 8.30. The molecule has 0 aliphatic carbocycles. The van der Waals surface area contributed by atoms with Crippen LogP contribution in [0.1, 0.15) is 23.2 Å². The van der Waals surface area contributed by atoms with Gasteiger partial charge >= 0.3 is 0 Å². The normalized spacial score (nSPS) is 19.1. The van der Waals surface area contributed by atoms with Crippen LogP contribution in [0.5, 0.6) is 0 Å². The molecule has 2 N–H and O–H groups in total. The minimum atomic E-state index is 0. The number of carbonyl (C=O) groups is 1. The fourth-order valence-corrected chi connectivity index (χ4v) is 4.72. The van der Waals surface area contributed by atoms with Gasteiger partial charge in [0.15, 0.2) is 0 Å². The molecule has 1 aliphatic heterocycles. The van der Waals surface area contributed by atoms with Gasteiger partial charge in [0.05, 0.1) is 13.1 Å². The number of thiophene rings is 1. The summed E-state index contributed by atoms with van der Waals surface area (Å²) in [4.78, 5) is 11.9. The van der Waals surface area contributed by atoms with Gasteiger partial charge in [0.2, 0.25) is 0 Å². The summed E-state index contributed by atoms with van der Waals surface area (Å²) in [6, 6.07) is 1.85. The van der Waals surface area contributed by atoms with Gasteiger partial charge in [-0.2, -0.15) is 0 Å². The van der Waals surface area contributed by atoms with Crippen LogP contribution in [0.4, 0.5) is 0 Å². The van der Waals surface area contributed by atoms with Crippen molar-refractivity contribution in [2.24, 2.45) is 5.92 Å². The highest BCUT2D eigenvalue weighted by molar-refractivity contribution is 9.12. The zero-order valence-corrected chi connectivity index (χ0v) is 14.5. The second kappa shape index (κ2) is 7.85. The molecule has 0 radical (unpaired) electrons. The molecule has 1 atom stereocenters. The lowest BCUT2D eigenvalue weighted by atomic mass is 10.00. The van der Waals surface area contributed by atoms with Crippen molar-refractivity contribution < 1.29 is 4.79 Å². The summed E-state index contributed by atoms with van der Waals surface area (Å²) in [5, 5.41) is 6.35. The molecule has 7 heteroatoms. The van der Waals surface area contributed by atoms with Crippen LogP contribution in [0.15, 0.2) is 13.6 Å². The van der Waals surface area contributed by atoms with Gasteiger partial charge in [0, 0.05) is 6.54 Å². The molecule has 0 aromatic carbocycles. The van der Waals surface area contributed by atoms with Crippen molar-refractivity contribution in [3.63, 3.8) is 0 Å². The molecule has 2 heterocycles. The highest BCUT2D eigenvalue weighted by Gasteiger charge is 2.17. The summed E-state index contributed by atoms with van der Waals surface area (Å²) in [5.74, 6) is 0.568. The molecule has 1 unspecified atom stereocenters. The van der Waals surface area contributed by atoms with E-state index < -0.39 is 0 Å². The average molecular weight is 419 g/mol. The number of piperidine rings is 1. The largest absolute Gasteiger partial charge is 0.352 e. The molecular weight excluding hydrogens is 403 g/mol. The van der Waals surface area contributed by atoms with Crippen LogP contribution in [-0.2, 0) is 0 Å². The first kappa shape index (κ1) is 16.4. The van der Waals surface area contributed by atoms with E-state index in [1.807, 2.05) is 6.07 Å². The number of rotatable bonds is 3. The zero-order chi connectivity index (χ0) is 12.3. The van der Waals surface area contributed by atoms with Gasteiger partial charge in [0.25, 0.3) is 5.91 Å². The Hall–Kier alpha value is 0.380. The minimum absolute atomic E-state index is 0. The van der Waals surface area contributed by atoms with Gasteiger partial charge < -0.3 is 10.6 Å². The Labute approximate surface area is 134 Å². The number of halogens is 3. The average Bonchev–Trinajstić information content (AvgIpc) is 2.67. The van der Waals surface area contributed by atoms with Gasteiger partial charge in [-0.3, -0.25) is 4.79 Å². The molecule has 1 amide bonds. The topological polar surface area (TPSA) is 41.1 Å². The molecule has 0 bridgehead atoms. The van der Waals surface area contributed by atoms with Crippen LogP contribution < -0.4 is 10.6 Å². The molecule has 1 aromatic heterocycles. The third-order valence-corrected chi connectivity index (χ3v) is 5.19. The van der Waals surface area contributed by atoms with Gasteiger partial charge in [-0.05, 0) is 69.8 Å². The molecule has 18 heavy (non-hydrogen) atoms. The van der Waals surface area contributed by atoms with Crippen molar-refractivity contribution in [1.82, 2.24) is 10.6 Å². The first-order valence-corrected chi connectivity index (χ1v) is 8.01. The van der Waals surface area contributed by atoms with Crippen molar-refractivity contribution in [2.75, 3.05) is 19.6 Å². The monoisotopic (exact) mass is 416 g/mol. The first-order chi connectivity index (χ1) is 8.16. The maximum absolute atomic E-state index is 11.9. The van der Waals surface area contributed by atoms with E-state index in [1.54, 1.807) is 0 Å². The van der Waals surface area contributed by atoms with E-state index in [0.717, 1.165) is 27.2 Å². The van der Waals surface area contributed by atoms with Crippen LogP contribution in [-0.4, -0.2) is 25.5 Å². The Morgan fingerprint density at radius 1 is 1.56 bits per heavy atom. The molecule has 1 aromatic rings. The lowest BCUT2D eigenvalue weighted by molar-refractivity contribution is 0.0944. The predicted molar refractivity (Wildman–Crippen MR) is 84.9 cm³/mol. The maximum atomic E-state index is 11.9. The number of hydrogen-bond donors (Lipinski definition) is 2. The van der Waals surface area contributed by atoms with E-state index in [2.05, 4.69) is 42.5 Å². The second-order valence-electron chi connectivity index (χ2n) is 4.16. The molecule has 1 saturated heterocycles. The Morgan fingerprint density at radius 3 is 2.89 bits per heavy atom. The van der Waals surface area contributed by atoms with E-state index in [-0.39, 0.29) is 18.3 Å². The molecule has 1 aliphatic rings. The van der Waals surface area contributed by atoms with Crippen molar-refractivity contribution in [2.45, 2.75) is 12.8 Å². The Kier molecular flexibility index (Phi) is 7.16. The molecule has 102 valence electrons. The van der Waals surface area contributed by atoms with Crippen LogP contribution in [0.2, 0.25) is 0 Å². The van der Waals surface area contributed by atoms with Crippen LogP contribution in [0.25, 0.3) is 0 Å². The van der Waals surface area contributed by atoms with E-state index in [4.69, 9.17) is 0 Å². The number of carbonyl (C=O) groups excluding carboxylic acids is 1. The summed E-state index contributed by atoms with van der Waals surface area (Å²) in [7, 11) is 0. The quantitative estimate of drug-likeness (QED) is 0.790. The molecule has 2 rings (SSSR count). The fraction of sp³-hybridized carbons (Fsp3) is 0.545. The highest BCUT2D eigenvalue weighted by Crippen LogP contribution is 2.31. The third kappa shape index (κ3) is 4.49. The predicted octanol–water partition coefficient (Wildman–Crippen LogP) is 3.42. The summed E-state index contributed by atoms with van der Waals surface area (Å²) < 4.78 is 1.84. The molecule has 0 spiro atoms. The SMILES string of the molecule is Cl.O=C(NCC1CCCNC1)c1cc(Br)sc1Br. The van der Waals surface area contributed by atoms with Gasteiger partial charge in [0.1, 0.15) is 0 Å². The molecule has 1 fully saturated rings. The van der Waals surface area contributed by atoms with Crippen LogP contribution >= 0.6 is 55.6 Å². The van der Waals surface area contributed by atoms with E-state index in [0.29, 0.717) is 11.5 Å². The van der Waals surface area contributed by atoms with Gasteiger partial charge in [-0.25, -0.2) is 0 Å². The lowest BCUT2D eigenvalue weighted by Crippen LogP contribution is -2.38. The third-order valence-electron chi connectivity index (χ3n) is 2.85. The van der Waals surface area contributed by atoms with Crippen LogP contribution in [0, 0.1) is 5.92 Å². The number of nitrogens with one attached hydrogen (secondary N) is 2. The van der Waals surface area contributed by atoms with Crippen molar-refractivity contribution in [3.05, 3.63) is 19.2 Å². The smallest absolute Gasteiger partial charge is 0.253 e. The van der Waals surface area contributed by atoms with Gasteiger partial charge in [-0.1, -0.05) is 0 Å². The van der Waals surface area contributed by atoms with Crippen molar-refractivity contribution >= 4 is 61.5 Å². The second-order valence-corrected chi connectivity index (χ2v) is 7.91. The number of amides is 1. The Balaban J connectivity index is 0.00000162. The first-order valence-electron chi connectivity index (χ1n) is 5.60. The molecule has 3 nitrogen and oxygen atoms in total. The van der Waals surface area contributed by atoms with Crippen molar-refractivity contribution in [1.29, 1.82) is 0 Å². The summed E-state index contributed by atoms with van der Waals surface area (Å²) in [6.07, 6.45) is 2.40. The highest BCUT2D eigenvalue weighted by atomic mass is 79.9. The van der Waals surface area contributed by atoms with Crippen molar-refractivity contribution in [3.8, 4) is 0 Å². The van der Waals surface area contributed by atoms with E-state index in [9.17, 15) is 4.79 Å². The van der Waals surface area contributed by atoms with E-state index in [1.165, 1.54) is 24.2 Å². The van der Waals surface area contributed by atoms with Crippen LogP contribution in [0.3, 0.4) is 0 Å². The minimum Gasteiger partial charge on any atom is -0.352 e. The van der Waals surface area contributed by atoms with E-state index >= 15 is 0 Å². The summed E-state index contributed by atoms with van der Waals surface area (Å²) in [6.45, 7) is 2.87. The molecular formula is C11H15Br2ClN2OS. The Morgan fingerprint density at radius 2 is 2.33 bits per heavy atom. The zero-order valence-electron chi connectivity index (χ0n) is 9.67. The molecule has 0 saturated carbocycles. The Bertz CT molecular complexity index is 408. The number of hydrogen-bond acceptors (Lipinski definition) is 3. The fourth-order valence-electron chi connectivity index (χ4n) is 1.93. The lowest BCUT2D eigenvalue weighted by Gasteiger charge is -2.22.